The van der Waals surface area contributed by atoms with Crippen LogP contribution in [0.5, 0.6) is 5.75 Å². The van der Waals surface area contributed by atoms with Crippen molar-refractivity contribution in [2.45, 2.75) is 0 Å². The van der Waals surface area contributed by atoms with Gasteiger partial charge < -0.3 is 10.1 Å². The first-order valence-corrected chi connectivity index (χ1v) is 6.85. The number of methoxy groups -OCH3 is 1. The second-order valence-electron chi connectivity index (χ2n) is 4.73. The third-order valence-electron chi connectivity index (χ3n) is 3.23. The predicted molar refractivity (Wildman–Crippen MR) is 83.7 cm³/mol. The van der Waals surface area contributed by atoms with E-state index in [2.05, 4.69) is 15.3 Å². The minimum atomic E-state index is -0.526. The van der Waals surface area contributed by atoms with Gasteiger partial charge in [0, 0.05) is 23.4 Å². The summed E-state index contributed by atoms with van der Waals surface area (Å²) in [5, 5.41) is 2.99. The maximum absolute atomic E-state index is 14.2. The third kappa shape index (κ3) is 3.26. The summed E-state index contributed by atoms with van der Waals surface area (Å²) in [5.74, 6) is 0.280. The topological polar surface area (TPSA) is 47.0 Å². The van der Waals surface area contributed by atoms with Gasteiger partial charge >= 0.3 is 0 Å². The van der Waals surface area contributed by atoms with E-state index in [9.17, 15) is 8.78 Å². The summed E-state index contributed by atoms with van der Waals surface area (Å²) in [6.07, 6.45) is 2.74. The van der Waals surface area contributed by atoms with Crippen LogP contribution < -0.4 is 10.1 Å². The smallest absolute Gasteiger partial charge is 0.149 e. The SMILES string of the molecule is COc1cc(F)ccc1-c1cc(Nc2ccccn2)ncc1F. The lowest BCUT2D eigenvalue weighted by atomic mass is 10.0. The third-order valence-corrected chi connectivity index (χ3v) is 3.23. The molecular weight excluding hydrogens is 300 g/mol. The van der Waals surface area contributed by atoms with Crippen molar-refractivity contribution in [3.63, 3.8) is 0 Å². The molecule has 0 aliphatic carbocycles. The molecule has 6 heteroatoms. The number of pyridine rings is 2. The summed E-state index contributed by atoms with van der Waals surface area (Å²) in [5.41, 5.74) is 0.702. The summed E-state index contributed by atoms with van der Waals surface area (Å²) < 4.78 is 32.6. The molecule has 0 radical (unpaired) electrons. The normalized spacial score (nSPS) is 10.4. The van der Waals surface area contributed by atoms with Crippen LogP contribution in [0.25, 0.3) is 11.1 Å². The van der Waals surface area contributed by atoms with Crippen LogP contribution in [-0.2, 0) is 0 Å². The molecule has 0 unspecified atom stereocenters. The summed E-state index contributed by atoms with van der Waals surface area (Å²) in [7, 11) is 1.41. The first kappa shape index (κ1) is 14.9. The van der Waals surface area contributed by atoms with E-state index in [1.54, 1.807) is 18.3 Å². The highest BCUT2D eigenvalue weighted by molar-refractivity contribution is 5.73. The lowest BCUT2D eigenvalue weighted by molar-refractivity contribution is 0.412. The molecule has 0 aliphatic heterocycles. The van der Waals surface area contributed by atoms with Gasteiger partial charge in [0.1, 0.15) is 29.0 Å². The fourth-order valence-corrected chi connectivity index (χ4v) is 2.17. The second kappa shape index (κ2) is 6.39. The minimum Gasteiger partial charge on any atom is -0.496 e. The van der Waals surface area contributed by atoms with Gasteiger partial charge in [-0.1, -0.05) is 6.07 Å². The molecule has 0 amide bonds. The number of hydrogen-bond acceptors (Lipinski definition) is 4. The van der Waals surface area contributed by atoms with E-state index in [1.807, 2.05) is 6.07 Å². The standard InChI is InChI=1S/C17H13F2N3O/c1-23-15-8-11(18)5-6-12(15)13-9-17(21-10-14(13)19)22-16-4-2-3-7-20-16/h2-10H,1H3,(H,20,21,22). The van der Waals surface area contributed by atoms with Crippen LogP contribution in [0.1, 0.15) is 0 Å². The fourth-order valence-electron chi connectivity index (χ4n) is 2.17. The number of ether oxygens (including phenoxy) is 1. The lowest BCUT2D eigenvalue weighted by Gasteiger charge is -2.11. The number of nitrogens with one attached hydrogen (secondary N) is 1. The molecule has 1 aromatic carbocycles. The van der Waals surface area contributed by atoms with Gasteiger partial charge in [0.15, 0.2) is 0 Å². The molecule has 2 aromatic heterocycles. The molecule has 0 bridgehead atoms. The van der Waals surface area contributed by atoms with Gasteiger partial charge in [-0.3, -0.25) is 0 Å². The molecule has 4 nitrogen and oxygen atoms in total. The monoisotopic (exact) mass is 313 g/mol. The Balaban J connectivity index is 2.01. The fraction of sp³-hybridized carbons (Fsp3) is 0.0588. The van der Waals surface area contributed by atoms with Crippen molar-refractivity contribution in [3.05, 3.63) is 66.5 Å². The van der Waals surface area contributed by atoms with E-state index >= 15 is 0 Å². The zero-order valence-electron chi connectivity index (χ0n) is 12.3. The van der Waals surface area contributed by atoms with Crippen molar-refractivity contribution in [1.82, 2.24) is 9.97 Å². The number of nitrogens with zero attached hydrogens (tertiary/aromatic N) is 2. The van der Waals surface area contributed by atoms with Crippen molar-refractivity contribution in [2.75, 3.05) is 12.4 Å². The molecule has 0 fully saturated rings. The van der Waals surface area contributed by atoms with Crippen molar-refractivity contribution in [3.8, 4) is 16.9 Å². The molecule has 2 heterocycles. The van der Waals surface area contributed by atoms with Crippen LogP contribution >= 0.6 is 0 Å². The number of hydrogen-bond donors (Lipinski definition) is 1. The first-order valence-electron chi connectivity index (χ1n) is 6.85. The number of rotatable bonds is 4. The van der Waals surface area contributed by atoms with Gasteiger partial charge in [0.25, 0.3) is 0 Å². The predicted octanol–water partition coefficient (Wildman–Crippen LogP) is 4.17. The molecule has 0 saturated carbocycles. The van der Waals surface area contributed by atoms with Crippen LogP contribution in [0.4, 0.5) is 20.4 Å². The second-order valence-corrected chi connectivity index (χ2v) is 4.73. The van der Waals surface area contributed by atoms with E-state index in [-0.39, 0.29) is 11.3 Å². The molecule has 23 heavy (non-hydrogen) atoms. The van der Waals surface area contributed by atoms with Crippen molar-refractivity contribution >= 4 is 11.6 Å². The summed E-state index contributed by atoms with van der Waals surface area (Å²) >= 11 is 0. The van der Waals surface area contributed by atoms with Gasteiger partial charge in [-0.15, -0.1) is 0 Å². The average Bonchev–Trinajstić information content (AvgIpc) is 2.57. The van der Waals surface area contributed by atoms with Crippen LogP contribution in [-0.4, -0.2) is 17.1 Å². The molecule has 0 spiro atoms. The highest BCUT2D eigenvalue weighted by Gasteiger charge is 2.13. The molecule has 3 rings (SSSR count). The maximum Gasteiger partial charge on any atom is 0.149 e. The number of anilines is 2. The Morgan fingerprint density at radius 1 is 0.957 bits per heavy atom. The molecular formula is C17H13F2N3O. The molecule has 116 valence electrons. The average molecular weight is 313 g/mol. The van der Waals surface area contributed by atoms with Crippen LogP contribution in [0.3, 0.4) is 0 Å². The van der Waals surface area contributed by atoms with Crippen LogP contribution in [0, 0.1) is 11.6 Å². The minimum absolute atomic E-state index is 0.249. The summed E-state index contributed by atoms with van der Waals surface area (Å²) in [4.78, 5) is 8.12. The Labute approximate surface area is 131 Å². The highest BCUT2D eigenvalue weighted by atomic mass is 19.1. The lowest BCUT2D eigenvalue weighted by Crippen LogP contribution is -1.98. The zero-order valence-corrected chi connectivity index (χ0v) is 12.3. The van der Waals surface area contributed by atoms with E-state index in [0.29, 0.717) is 17.2 Å². The zero-order chi connectivity index (χ0) is 16.2. The Hall–Kier alpha value is -3.02. The Bertz CT molecular complexity index is 825. The van der Waals surface area contributed by atoms with Gasteiger partial charge in [-0.05, 0) is 30.3 Å². The van der Waals surface area contributed by atoms with Gasteiger partial charge in [-0.25, -0.2) is 18.7 Å². The Morgan fingerprint density at radius 2 is 1.83 bits per heavy atom. The van der Waals surface area contributed by atoms with E-state index in [0.717, 1.165) is 6.20 Å². The quantitative estimate of drug-likeness (QED) is 0.785. The summed E-state index contributed by atoms with van der Waals surface area (Å²) in [6.45, 7) is 0. The number of benzene rings is 1. The largest absolute Gasteiger partial charge is 0.496 e. The van der Waals surface area contributed by atoms with E-state index in [1.165, 1.54) is 31.4 Å². The summed E-state index contributed by atoms with van der Waals surface area (Å²) in [6, 6.07) is 10.8. The molecule has 1 N–H and O–H groups in total. The first-order chi connectivity index (χ1) is 11.2. The van der Waals surface area contributed by atoms with Crippen LogP contribution in [0.15, 0.2) is 54.9 Å². The van der Waals surface area contributed by atoms with Crippen molar-refractivity contribution in [1.29, 1.82) is 0 Å². The van der Waals surface area contributed by atoms with Crippen LogP contribution in [0.2, 0.25) is 0 Å². The van der Waals surface area contributed by atoms with Gasteiger partial charge in [0.2, 0.25) is 0 Å². The maximum atomic E-state index is 14.2. The van der Waals surface area contributed by atoms with Gasteiger partial charge in [0.05, 0.1) is 13.3 Å². The highest BCUT2D eigenvalue weighted by Crippen LogP contribution is 2.33. The number of halogens is 2. The Kier molecular flexibility index (Phi) is 4.14. The molecule has 0 atom stereocenters. The van der Waals surface area contributed by atoms with E-state index in [4.69, 9.17) is 4.74 Å². The Morgan fingerprint density at radius 3 is 2.57 bits per heavy atom. The van der Waals surface area contributed by atoms with Gasteiger partial charge in [-0.2, -0.15) is 0 Å². The molecule has 0 saturated heterocycles. The van der Waals surface area contributed by atoms with E-state index < -0.39 is 11.6 Å². The molecule has 3 aromatic rings. The molecule has 0 aliphatic rings. The number of aromatic nitrogens is 2. The van der Waals surface area contributed by atoms with Crippen molar-refractivity contribution in [2.24, 2.45) is 0 Å². The van der Waals surface area contributed by atoms with Crippen molar-refractivity contribution < 1.29 is 13.5 Å².